The lowest BCUT2D eigenvalue weighted by Crippen LogP contribution is -2.38. The summed E-state index contributed by atoms with van der Waals surface area (Å²) in [6.07, 6.45) is 1.13. The van der Waals surface area contributed by atoms with Crippen LogP contribution in [-0.2, 0) is 7.05 Å². The van der Waals surface area contributed by atoms with Crippen molar-refractivity contribution in [2.24, 2.45) is 12.0 Å². The number of fused-ring (bicyclic) bond motifs is 5. The molecular formula is C22H25N9O. The number of guanidine groups is 1. The fourth-order valence-electron chi connectivity index (χ4n) is 3.71. The van der Waals surface area contributed by atoms with Crippen LogP contribution in [0.25, 0.3) is 11.3 Å². The summed E-state index contributed by atoms with van der Waals surface area (Å²) in [7, 11) is 7.39. The third-order valence-electron chi connectivity index (χ3n) is 5.31. The number of hydrogen-bond acceptors (Lipinski definition) is 9. The second-order valence-electron chi connectivity index (χ2n) is 7.92. The Morgan fingerprint density at radius 1 is 1.25 bits per heavy atom. The highest BCUT2D eigenvalue weighted by atomic mass is 16.5. The topological polar surface area (TPSA) is 121 Å². The van der Waals surface area contributed by atoms with Gasteiger partial charge in [0.25, 0.3) is 5.88 Å². The standard InChI is InChI=1S/C22H25N9O/c1-12-7-8-15-14(9-12)13(2)32-21-19(24)25-11-16(26-21)18-17(10-23)31(6)28-20(18)30(5)22(27-15)29(3)4/h7-9,11,13H,1-6H3,(H2,24,25)/t13-/m1/s1. The lowest BCUT2D eigenvalue weighted by Gasteiger charge is -2.27. The Balaban J connectivity index is 2.08. The van der Waals surface area contributed by atoms with Crippen molar-refractivity contribution >= 4 is 23.3 Å². The molecule has 2 aromatic heterocycles. The van der Waals surface area contributed by atoms with E-state index in [2.05, 4.69) is 21.1 Å². The Morgan fingerprint density at radius 2 is 2.00 bits per heavy atom. The molecule has 1 aliphatic rings. The van der Waals surface area contributed by atoms with Crippen LogP contribution in [0.3, 0.4) is 0 Å². The monoisotopic (exact) mass is 431 g/mol. The lowest BCUT2D eigenvalue weighted by molar-refractivity contribution is 0.219. The number of aliphatic imine (C=N–C) groups is 1. The van der Waals surface area contributed by atoms with Crippen molar-refractivity contribution in [2.45, 2.75) is 20.0 Å². The highest BCUT2D eigenvalue weighted by Crippen LogP contribution is 2.37. The summed E-state index contributed by atoms with van der Waals surface area (Å²) in [6, 6.07) is 8.21. The molecule has 0 aliphatic carbocycles. The Morgan fingerprint density at radius 3 is 2.69 bits per heavy atom. The molecule has 4 rings (SSSR count). The van der Waals surface area contributed by atoms with Crippen molar-refractivity contribution in [3.8, 4) is 23.2 Å². The third-order valence-corrected chi connectivity index (χ3v) is 5.31. The van der Waals surface area contributed by atoms with Gasteiger partial charge in [0.2, 0.25) is 5.96 Å². The van der Waals surface area contributed by atoms with Crippen LogP contribution >= 0.6 is 0 Å². The molecule has 0 fully saturated rings. The summed E-state index contributed by atoms with van der Waals surface area (Å²) in [4.78, 5) is 17.6. The van der Waals surface area contributed by atoms with Crippen LogP contribution in [0.2, 0.25) is 0 Å². The molecule has 1 aliphatic heterocycles. The van der Waals surface area contributed by atoms with Gasteiger partial charge < -0.3 is 15.4 Å². The molecular weight excluding hydrogens is 406 g/mol. The van der Waals surface area contributed by atoms with Gasteiger partial charge in [0.15, 0.2) is 11.6 Å². The number of nitrogens with zero attached hydrogens (tertiary/aromatic N) is 8. The molecule has 32 heavy (non-hydrogen) atoms. The smallest absolute Gasteiger partial charge is 0.258 e. The zero-order chi connectivity index (χ0) is 23.2. The van der Waals surface area contributed by atoms with Gasteiger partial charge in [0, 0.05) is 33.8 Å². The van der Waals surface area contributed by atoms with Crippen molar-refractivity contribution in [1.82, 2.24) is 24.6 Å². The molecule has 3 heterocycles. The number of nitrogens with two attached hydrogens (primary N) is 1. The number of nitriles is 1. The summed E-state index contributed by atoms with van der Waals surface area (Å²) >= 11 is 0. The number of hydrogen-bond donors (Lipinski definition) is 1. The van der Waals surface area contributed by atoms with E-state index in [1.807, 2.05) is 63.0 Å². The molecule has 1 atom stereocenters. The molecule has 164 valence electrons. The van der Waals surface area contributed by atoms with E-state index in [0.717, 1.165) is 16.8 Å². The largest absolute Gasteiger partial charge is 0.467 e. The van der Waals surface area contributed by atoms with Crippen molar-refractivity contribution < 1.29 is 4.74 Å². The fraction of sp³-hybridized carbons (Fsp3) is 0.318. The number of ether oxygens (including phenoxy) is 1. The van der Waals surface area contributed by atoms with Crippen LogP contribution in [-0.4, -0.2) is 51.8 Å². The van der Waals surface area contributed by atoms with Gasteiger partial charge in [0.05, 0.1) is 23.1 Å². The maximum absolute atomic E-state index is 9.82. The van der Waals surface area contributed by atoms with Gasteiger partial charge in [-0.3, -0.25) is 9.58 Å². The molecule has 2 N–H and O–H groups in total. The Bertz CT molecular complexity index is 1270. The molecule has 0 radical (unpaired) electrons. The minimum absolute atomic E-state index is 0.168. The molecule has 0 amide bonds. The fourth-order valence-corrected chi connectivity index (χ4v) is 3.71. The van der Waals surface area contributed by atoms with Crippen LogP contribution < -0.4 is 15.4 Å². The first-order chi connectivity index (χ1) is 15.2. The molecule has 10 nitrogen and oxygen atoms in total. The van der Waals surface area contributed by atoms with Gasteiger partial charge in [0.1, 0.15) is 17.9 Å². The van der Waals surface area contributed by atoms with Crippen LogP contribution in [0.15, 0.2) is 29.4 Å². The summed E-state index contributed by atoms with van der Waals surface area (Å²) in [5.74, 6) is 1.52. The average Bonchev–Trinajstić information content (AvgIpc) is 3.09. The molecule has 0 unspecified atom stereocenters. The normalized spacial score (nSPS) is 15.3. The van der Waals surface area contributed by atoms with E-state index in [4.69, 9.17) is 15.5 Å². The van der Waals surface area contributed by atoms with Crippen molar-refractivity contribution in [1.29, 1.82) is 5.26 Å². The first kappa shape index (κ1) is 21.1. The number of aryl methyl sites for hydroxylation is 2. The maximum atomic E-state index is 9.82. The number of nitrogen functional groups attached to an aromatic ring is 1. The zero-order valence-corrected chi connectivity index (χ0v) is 19.0. The molecule has 1 aromatic carbocycles. The zero-order valence-electron chi connectivity index (χ0n) is 19.0. The average molecular weight is 432 g/mol. The van der Waals surface area contributed by atoms with Gasteiger partial charge in [-0.2, -0.15) is 10.4 Å². The Kier molecular flexibility index (Phi) is 5.18. The van der Waals surface area contributed by atoms with E-state index >= 15 is 0 Å². The Hall–Kier alpha value is -4.13. The predicted octanol–water partition coefficient (Wildman–Crippen LogP) is 2.78. The highest BCUT2D eigenvalue weighted by molar-refractivity contribution is 6.00. The highest BCUT2D eigenvalue weighted by Gasteiger charge is 2.28. The first-order valence-electron chi connectivity index (χ1n) is 10.1. The van der Waals surface area contributed by atoms with Crippen molar-refractivity contribution in [2.75, 3.05) is 31.8 Å². The summed E-state index contributed by atoms with van der Waals surface area (Å²) in [5, 5.41) is 14.4. The van der Waals surface area contributed by atoms with E-state index in [0.29, 0.717) is 28.7 Å². The van der Waals surface area contributed by atoms with Gasteiger partial charge >= 0.3 is 0 Å². The molecule has 3 aromatic rings. The lowest BCUT2D eigenvalue weighted by atomic mass is 10.1. The third kappa shape index (κ3) is 3.47. The Labute approximate surface area is 186 Å². The van der Waals surface area contributed by atoms with Gasteiger partial charge in [-0.1, -0.05) is 17.7 Å². The summed E-state index contributed by atoms with van der Waals surface area (Å²) in [5.41, 5.74) is 10.1. The van der Waals surface area contributed by atoms with E-state index in [1.165, 1.54) is 10.9 Å². The summed E-state index contributed by atoms with van der Waals surface area (Å²) < 4.78 is 7.67. The quantitative estimate of drug-likeness (QED) is 0.577. The van der Waals surface area contributed by atoms with Crippen LogP contribution in [0.5, 0.6) is 5.88 Å². The van der Waals surface area contributed by atoms with Gasteiger partial charge in [-0.15, -0.1) is 0 Å². The van der Waals surface area contributed by atoms with Crippen molar-refractivity contribution in [3.63, 3.8) is 0 Å². The minimum atomic E-state index is -0.391. The van der Waals surface area contributed by atoms with Gasteiger partial charge in [-0.05, 0) is 19.9 Å². The van der Waals surface area contributed by atoms with E-state index in [1.54, 1.807) is 7.05 Å². The molecule has 0 saturated carbocycles. The van der Waals surface area contributed by atoms with Gasteiger partial charge in [-0.25, -0.2) is 15.0 Å². The summed E-state index contributed by atoms with van der Waals surface area (Å²) in [6.45, 7) is 3.94. The number of anilines is 2. The maximum Gasteiger partial charge on any atom is 0.258 e. The van der Waals surface area contributed by atoms with E-state index in [-0.39, 0.29) is 11.7 Å². The van der Waals surface area contributed by atoms with Crippen LogP contribution in [0, 0.1) is 18.3 Å². The van der Waals surface area contributed by atoms with E-state index in [9.17, 15) is 5.26 Å². The first-order valence-corrected chi connectivity index (χ1v) is 10.1. The number of aromatic nitrogens is 4. The van der Waals surface area contributed by atoms with Crippen LogP contribution in [0.1, 0.15) is 29.8 Å². The predicted molar refractivity (Wildman–Crippen MR) is 123 cm³/mol. The van der Waals surface area contributed by atoms with Crippen LogP contribution in [0.4, 0.5) is 17.3 Å². The van der Waals surface area contributed by atoms with E-state index < -0.39 is 6.10 Å². The second kappa shape index (κ2) is 7.85. The van der Waals surface area contributed by atoms with Crippen molar-refractivity contribution in [3.05, 3.63) is 41.2 Å². The number of benzene rings is 1. The number of rotatable bonds is 0. The molecule has 0 spiro atoms. The molecule has 0 saturated heterocycles. The molecule has 10 heteroatoms. The molecule has 2 bridgehead atoms. The minimum Gasteiger partial charge on any atom is -0.467 e. The second-order valence-corrected chi connectivity index (χ2v) is 7.92. The SMILES string of the molecule is Cc1ccc2c(c1)[C@@H](C)Oc1nc(cnc1N)-c1c(nn(C)c1C#N)N(C)C(N(C)C)=N2.